The van der Waals surface area contributed by atoms with E-state index in [0.717, 1.165) is 42.9 Å². The summed E-state index contributed by atoms with van der Waals surface area (Å²) in [5, 5.41) is 2.36. The van der Waals surface area contributed by atoms with Crippen molar-refractivity contribution in [2.45, 2.75) is 31.8 Å². The van der Waals surface area contributed by atoms with Gasteiger partial charge in [-0.15, -0.1) is 0 Å². The summed E-state index contributed by atoms with van der Waals surface area (Å²) >= 11 is 0. The van der Waals surface area contributed by atoms with Crippen molar-refractivity contribution in [1.29, 1.82) is 0 Å². The van der Waals surface area contributed by atoms with Gasteiger partial charge in [-0.05, 0) is 56.4 Å². The Morgan fingerprint density at radius 2 is 2.06 bits per heavy atom. The maximum absolute atomic E-state index is 6.29. The molecule has 0 bridgehead atoms. The number of nitrogens with two attached hydrogens (primary N) is 1. The molecule has 5 rings (SSSR count). The molecule has 7 nitrogen and oxygen atoms in total. The van der Waals surface area contributed by atoms with Crippen molar-refractivity contribution >= 4 is 22.3 Å². The van der Waals surface area contributed by atoms with E-state index in [4.69, 9.17) is 20.2 Å². The topological polar surface area (TPSA) is 76.7 Å². The van der Waals surface area contributed by atoms with Gasteiger partial charge in [0.05, 0.1) is 19.3 Å². The second-order valence-electron chi connectivity index (χ2n) is 8.44. The number of anilines is 2. The van der Waals surface area contributed by atoms with Gasteiger partial charge in [0.2, 0.25) is 0 Å². The summed E-state index contributed by atoms with van der Waals surface area (Å²) in [6.07, 6.45) is 3.17. The largest absolute Gasteiger partial charge is 0.497 e. The zero-order valence-corrected chi connectivity index (χ0v) is 18.2. The van der Waals surface area contributed by atoms with E-state index < -0.39 is 0 Å². The van der Waals surface area contributed by atoms with Gasteiger partial charge >= 0.3 is 6.01 Å². The minimum absolute atomic E-state index is 0.387. The minimum Gasteiger partial charge on any atom is -0.497 e. The third kappa shape index (κ3) is 3.85. The lowest BCUT2D eigenvalue weighted by atomic mass is 10.0. The predicted molar refractivity (Wildman–Crippen MR) is 123 cm³/mol. The first-order valence-corrected chi connectivity index (χ1v) is 10.9. The first-order chi connectivity index (χ1) is 15.1. The number of aromatic nitrogens is 2. The molecule has 3 heterocycles. The highest BCUT2D eigenvalue weighted by atomic mass is 16.5. The number of rotatable bonds is 5. The van der Waals surface area contributed by atoms with Gasteiger partial charge in [-0.1, -0.05) is 18.2 Å². The van der Waals surface area contributed by atoms with Crippen LogP contribution in [0.4, 0.5) is 11.5 Å². The fourth-order valence-electron chi connectivity index (χ4n) is 4.70. The number of ether oxygens (including phenoxy) is 2. The molecule has 1 aromatic heterocycles. The van der Waals surface area contributed by atoms with E-state index in [-0.39, 0.29) is 0 Å². The van der Waals surface area contributed by atoms with Crippen molar-refractivity contribution in [3.05, 3.63) is 47.7 Å². The van der Waals surface area contributed by atoms with Crippen LogP contribution in [0, 0.1) is 0 Å². The summed E-state index contributed by atoms with van der Waals surface area (Å²) in [6.45, 7) is 3.26. The lowest BCUT2D eigenvalue weighted by Gasteiger charge is -2.31. The molecule has 3 aromatic rings. The van der Waals surface area contributed by atoms with Crippen LogP contribution in [-0.2, 0) is 13.0 Å². The second kappa shape index (κ2) is 8.23. The average molecular weight is 420 g/mol. The first kappa shape index (κ1) is 19.9. The summed E-state index contributed by atoms with van der Waals surface area (Å²) in [5.41, 5.74) is 9.46. The number of likely N-dealkylation sites (tertiary alicyclic amines) is 1. The highest BCUT2D eigenvalue weighted by Crippen LogP contribution is 2.34. The molecule has 0 unspecified atom stereocenters. The van der Waals surface area contributed by atoms with E-state index in [1.165, 1.54) is 22.9 Å². The standard InChI is InChI=1S/C24H29N5O2/c1-28-11-4-6-17(28)15-31-24-26-21-14-29(12-10-19(21)23(25)27-24)22-7-3-5-16-8-9-18(30-2)13-20(16)22/h3,5,7-9,13,17H,4,6,10-12,14-15H2,1-2H3,(H2,25,26,27)/t17-/m0/s1. The normalized spacial score (nSPS) is 18.9. The molecule has 0 spiro atoms. The number of nitrogen functional groups attached to an aromatic ring is 1. The Morgan fingerprint density at radius 3 is 2.87 bits per heavy atom. The lowest BCUT2D eigenvalue weighted by molar-refractivity contribution is 0.187. The van der Waals surface area contributed by atoms with Gasteiger partial charge in [0, 0.05) is 29.2 Å². The molecule has 0 aliphatic carbocycles. The van der Waals surface area contributed by atoms with Crippen molar-refractivity contribution in [2.75, 3.05) is 44.5 Å². The Balaban J connectivity index is 1.41. The lowest BCUT2D eigenvalue weighted by Crippen LogP contribution is -2.33. The first-order valence-electron chi connectivity index (χ1n) is 10.9. The van der Waals surface area contributed by atoms with Crippen LogP contribution in [0.25, 0.3) is 10.8 Å². The van der Waals surface area contributed by atoms with Crippen LogP contribution in [0.1, 0.15) is 24.1 Å². The van der Waals surface area contributed by atoms with Gasteiger partial charge in [-0.3, -0.25) is 0 Å². The maximum Gasteiger partial charge on any atom is 0.318 e. The van der Waals surface area contributed by atoms with Crippen LogP contribution in [0.15, 0.2) is 36.4 Å². The molecule has 1 atom stereocenters. The van der Waals surface area contributed by atoms with E-state index in [1.807, 2.05) is 6.07 Å². The van der Waals surface area contributed by atoms with Crippen molar-refractivity contribution in [2.24, 2.45) is 0 Å². The molecular weight excluding hydrogens is 390 g/mol. The highest BCUT2D eigenvalue weighted by molar-refractivity contribution is 5.95. The van der Waals surface area contributed by atoms with E-state index in [1.54, 1.807) is 7.11 Å². The smallest absolute Gasteiger partial charge is 0.318 e. The van der Waals surface area contributed by atoms with Crippen LogP contribution in [0.3, 0.4) is 0 Å². The number of benzene rings is 2. The van der Waals surface area contributed by atoms with E-state index in [2.05, 4.69) is 52.2 Å². The maximum atomic E-state index is 6.29. The van der Waals surface area contributed by atoms with Crippen LogP contribution >= 0.6 is 0 Å². The Hall–Kier alpha value is -3.06. The van der Waals surface area contributed by atoms with Gasteiger partial charge in [-0.25, -0.2) is 0 Å². The SMILES string of the molecule is COc1ccc2cccc(N3CCc4c(N)nc(OC[C@@H]5CCCN5C)nc4C3)c2c1. The second-order valence-corrected chi connectivity index (χ2v) is 8.44. The molecule has 0 radical (unpaired) electrons. The Morgan fingerprint density at radius 1 is 1.16 bits per heavy atom. The summed E-state index contributed by atoms with van der Waals surface area (Å²) < 4.78 is 11.4. The van der Waals surface area contributed by atoms with E-state index >= 15 is 0 Å². The quantitative estimate of drug-likeness (QED) is 0.680. The molecule has 1 fully saturated rings. The summed E-state index contributed by atoms with van der Waals surface area (Å²) in [7, 11) is 3.84. The summed E-state index contributed by atoms with van der Waals surface area (Å²) in [5.74, 6) is 1.40. The molecule has 31 heavy (non-hydrogen) atoms. The van der Waals surface area contributed by atoms with Gasteiger partial charge in [0.1, 0.15) is 18.2 Å². The van der Waals surface area contributed by atoms with Crippen LogP contribution in [-0.4, -0.2) is 54.8 Å². The predicted octanol–water partition coefficient (Wildman–Crippen LogP) is 3.26. The molecule has 7 heteroatoms. The minimum atomic E-state index is 0.387. The van der Waals surface area contributed by atoms with Crippen molar-refractivity contribution in [3.63, 3.8) is 0 Å². The van der Waals surface area contributed by atoms with Crippen molar-refractivity contribution < 1.29 is 9.47 Å². The molecule has 2 aliphatic rings. The van der Waals surface area contributed by atoms with E-state index in [0.29, 0.717) is 31.0 Å². The zero-order chi connectivity index (χ0) is 21.4. The number of fused-ring (bicyclic) bond motifs is 2. The summed E-state index contributed by atoms with van der Waals surface area (Å²) in [4.78, 5) is 13.9. The van der Waals surface area contributed by atoms with Gasteiger partial charge in [0.15, 0.2) is 0 Å². The summed E-state index contributed by atoms with van der Waals surface area (Å²) in [6, 6.07) is 13.4. The van der Waals surface area contributed by atoms with Crippen LogP contribution in [0.5, 0.6) is 11.8 Å². The number of nitrogens with zero attached hydrogens (tertiary/aromatic N) is 4. The Bertz CT molecular complexity index is 1100. The van der Waals surface area contributed by atoms with E-state index in [9.17, 15) is 0 Å². The fraction of sp³-hybridized carbons (Fsp3) is 0.417. The molecule has 2 aromatic carbocycles. The number of hydrogen-bond donors (Lipinski definition) is 1. The molecule has 162 valence electrons. The highest BCUT2D eigenvalue weighted by Gasteiger charge is 2.25. The number of methoxy groups -OCH3 is 1. The number of hydrogen-bond acceptors (Lipinski definition) is 7. The fourth-order valence-corrected chi connectivity index (χ4v) is 4.70. The number of likely N-dealkylation sites (N-methyl/N-ethyl adjacent to an activating group) is 1. The molecule has 0 amide bonds. The monoisotopic (exact) mass is 419 g/mol. The molecule has 1 saturated heterocycles. The average Bonchev–Trinajstić information content (AvgIpc) is 3.21. The third-order valence-corrected chi connectivity index (χ3v) is 6.56. The molecule has 2 N–H and O–H groups in total. The zero-order valence-electron chi connectivity index (χ0n) is 18.2. The molecule has 0 saturated carbocycles. The molecule has 2 aliphatic heterocycles. The van der Waals surface area contributed by atoms with Crippen LogP contribution < -0.4 is 20.1 Å². The van der Waals surface area contributed by atoms with Crippen LogP contribution in [0.2, 0.25) is 0 Å². The Kier molecular flexibility index (Phi) is 5.28. The Labute approximate surface area is 182 Å². The van der Waals surface area contributed by atoms with Gasteiger partial charge in [0.25, 0.3) is 0 Å². The van der Waals surface area contributed by atoms with Gasteiger partial charge in [-0.2, -0.15) is 9.97 Å². The third-order valence-electron chi connectivity index (χ3n) is 6.56. The van der Waals surface area contributed by atoms with Crippen molar-refractivity contribution in [3.8, 4) is 11.8 Å². The van der Waals surface area contributed by atoms with Gasteiger partial charge < -0.3 is 25.0 Å². The van der Waals surface area contributed by atoms with Crippen molar-refractivity contribution in [1.82, 2.24) is 14.9 Å². The molecular formula is C24H29N5O2.